The smallest absolute Gasteiger partial charge is 0.256 e. The summed E-state index contributed by atoms with van der Waals surface area (Å²) in [6.07, 6.45) is 4.67. The molecule has 1 aliphatic carbocycles. The van der Waals surface area contributed by atoms with Gasteiger partial charge in [0.1, 0.15) is 5.60 Å². The summed E-state index contributed by atoms with van der Waals surface area (Å²) in [7, 11) is 0. The number of nitrogens with one attached hydrogen (secondary N) is 1. The number of amides is 1. The van der Waals surface area contributed by atoms with Crippen LogP contribution in [0.15, 0.2) is 12.3 Å². The number of anilines is 1. The van der Waals surface area contributed by atoms with Crippen molar-refractivity contribution in [1.82, 2.24) is 4.98 Å². The molecule has 0 spiro atoms. The number of pyridine rings is 1. The number of hydrogen-bond acceptors (Lipinski definition) is 4. The SMILES string of the molecule is CCCOc1ncc(NC(=O)[C@](C)(OCC)C2CC2)cc1C. The van der Waals surface area contributed by atoms with Crippen LogP contribution >= 0.6 is 0 Å². The van der Waals surface area contributed by atoms with Gasteiger partial charge >= 0.3 is 0 Å². The van der Waals surface area contributed by atoms with Crippen molar-refractivity contribution >= 4 is 11.6 Å². The van der Waals surface area contributed by atoms with Crippen LogP contribution in [0.25, 0.3) is 0 Å². The number of carbonyl (C=O) groups excluding carboxylic acids is 1. The lowest BCUT2D eigenvalue weighted by atomic mass is 9.99. The van der Waals surface area contributed by atoms with Crippen LogP contribution in [0.2, 0.25) is 0 Å². The summed E-state index contributed by atoms with van der Waals surface area (Å²) in [5, 5.41) is 2.93. The summed E-state index contributed by atoms with van der Waals surface area (Å²) in [6.45, 7) is 8.94. The molecule has 1 aromatic heterocycles. The lowest BCUT2D eigenvalue weighted by Gasteiger charge is -2.28. The van der Waals surface area contributed by atoms with Crippen molar-refractivity contribution in [1.29, 1.82) is 0 Å². The second-order valence-electron chi connectivity index (χ2n) is 5.96. The maximum absolute atomic E-state index is 12.6. The van der Waals surface area contributed by atoms with E-state index in [1.165, 1.54) is 0 Å². The van der Waals surface area contributed by atoms with Gasteiger partial charge in [-0.05, 0) is 52.0 Å². The Balaban J connectivity index is 2.06. The Labute approximate surface area is 132 Å². The minimum absolute atomic E-state index is 0.0970. The van der Waals surface area contributed by atoms with E-state index in [1.54, 1.807) is 6.20 Å². The van der Waals surface area contributed by atoms with Crippen LogP contribution in [0.5, 0.6) is 5.88 Å². The van der Waals surface area contributed by atoms with Crippen LogP contribution in [0.4, 0.5) is 5.69 Å². The highest BCUT2D eigenvalue weighted by Gasteiger charge is 2.48. The Kier molecular flexibility index (Phi) is 5.40. The molecule has 5 nitrogen and oxygen atoms in total. The molecule has 1 N–H and O–H groups in total. The number of aromatic nitrogens is 1. The maximum atomic E-state index is 12.6. The molecule has 2 rings (SSSR count). The summed E-state index contributed by atoms with van der Waals surface area (Å²) in [4.78, 5) is 16.9. The Bertz CT molecular complexity index is 529. The highest BCUT2D eigenvalue weighted by Crippen LogP contribution is 2.42. The molecule has 1 fully saturated rings. The largest absolute Gasteiger partial charge is 0.477 e. The van der Waals surface area contributed by atoms with E-state index >= 15 is 0 Å². The van der Waals surface area contributed by atoms with Crippen molar-refractivity contribution in [2.45, 2.75) is 52.6 Å². The van der Waals surface area contributed by atoms with E-state index in [4.69, 9.17) is 9.47 Å². The minimum Gasteiger partial charge on any atom is -0.477 e. The average molecular weight is 306 g/mol. The van der Waals surface area contributed by atoms with Crippen molar-refractivity contribution in [3.63, 3.8) is 0 Å². The topological polar surface area (TPSA) is 60.5 Å². The van der Waals surface area contributed by atoms with Crippen molar-refractivity contribution < 1.29 is 14.3 Å². The van der Waals surface area contributed by atoms with Gasteiger partial charge in [-0.1, -0.05) is 6.92 Å². The fourth-order valence-electron chi connectivity index (χ4n) is 2.54. The second-order valence-corrected chi connectivity index (χ2v) is 5.96. The van der Waals surface area contributed by atoms with Gasteiger partial charge in [0, 0.05) is 12.2 Å². The third-order valence-corrected chi connectivity index (χ3v) is 3.98. The molecule has 1 aliphatic rings. The molecule has 0 saturated heterocycles. The predicted octanol–water partition coefficient (Wildman–Crippen LogP) is 3.32. The van der Waals surface area contributed by atoms with Crippen LogP contribution in [0, 0.1) is 12.8 Å². The lowest BCUT2D eigenvalue weighted by Crippen LogP contribution is -2.44. The number of hydrogen-bond donors (Lipinski definition) is 1. The number of ether oxygens (including phenoxy) is 2. The normalized spacial score (nSPS) is 16.9. The molecule has 1 atom stereocenters. The Morgan fingerprint density at radius 2 is 2.18 bits per heavy atom. The predicted molar refractivity (Wildman–Crippen MR) is 86.1 cm³/mol. The first kappa shape index (κ1) is 16.7. The van der Waals surface area contributed by atoms with Crippen LogP contribution in [0.1, 0.15) is 45.6 Å². The quantitative estimate of drug-likeness (QED) is 0.800. The zero-order valence-electron chi connectivity index (χ0n) is 13.9. The van der Waals surface area contributed by atoms with Crippen LogP contribution < -0.4 is 10.1 Å². The zero-order valence-corrected chi connectivity index (χ0v) is 13.9. The molecule has 1 heterocycles. The molecule has 0 bridgehead atoms. The molecule has 22 heavy (non-hydrogen) atoms. The van der Waals surface area contributed by atoms with E-state index in [9.17, 15) is 4.79 Å². The van der Waals surface area contributed by atoms with E-state index < -0.39 is 5.60 Å². The molecule has 5 heteroatoms. The van der Waals surface area contributed by atoms with E-state index in [-0.39, 0.29) is 5.91 Å². The van der Waals surface area contributed by atoms with Gasteiger partial charge in [0.15, 0.2) is 0 Å². The molecule has 1 aromatic rings. The van der Waals surface area contributed by atoms with Gasteiger partial charge < -0.3 is 14.8 Å². The summed E-state index contributed by atoms with van der Waals surface area (Å²) in [5.41, 5.74) is 0.841. The van der Waals surface area contributed by atoms with Crippen LogP contribution in [-0.4, -0.2) is 29.7 Å². The summed E-state index contributed by atoms with van der Waals surface area (Å²) in [5.74, 6) is 0.837. The van der Waals surface area contributed by atoms with Crippen LogP contribution in [-0.2, 0) is 9.53 Å². The summed E-state index contributed by atoms with van der Waals surface area (Å²) >= 11 is 0. The first-order valence-electron chi connectivity index (χ1n) is 8.06. The van der Waals surface area contributed by atoms with Gasteiger partial charge in [-0.3, -0.25) is 4.79 Å². The van der Waals surface area contributed by atoms with E-state index in [2.05, 4.69) is 17.2 Å². The fraction of sp³-hybridized carbons (Fsp3) is 0.647. The standard InChI is InChI=1S/C17H26N2O3/c1-5-9-21-15-12(3)10-14(11-18-15)19-16(20)17(4,22-6-2)13-7-8-13/h10-11,13H,5-9H2,1-4H3,(H,19,20)/t17-/m1/s1. The first-order valence-corrected chi connectivity index (χ1v) is 8.06. The number of rotatable bonds is 8. The van der Waals surface area contributed by atoms with Crippen molar-refractivity contribution in [3.8, 4) is 5.88 Å². The highest BCUT2D eigenvalue weighted by atomic mass is 16.5. The van der Waals surface area contributed by atoms with Gasteiger partial charge in [0.05, 0.1) is 18.5 Å². The first-order chi connectivity index (χ1) is 10.5. The molecule has 0 radical (unpaired) electrons. The highest BCUT2D eigenvalue weighted by molar-refractivity contribution is 5.97. The molecule has 1 saturated carbocycles. The number of aryl methyl sites for hydroxylation is 1. The Morgan fingerprint density at radius 3 is 2.73 bits per heavy atom. The van der Waals surface area contributed by atoms with Crippen molar-refractivity contribution in [3.05, 3.63) is 17.8 Å². The van der Waals surface area contributed by atoms with Gasteiger partial charge in [-0.15, -0.1) is 0 Å². The van der Waals surface area contributed by atoms with Crippen molar-refractivity contribution in [2.24, 2.45) is 5.92 Å². The molecular weight excluding hydrogens is 280 g/mol. The van der Waals surface area contributed by atoms with Crippen LogP contribution in [0.3, 0.4) is 0 Å². The molecular formula is C17H26N2O3. The maximum Gasteiger partial charge on any atom is 0.256 e. The monoisotopic (exact) mass is 306 g/mol. The van der Waals surface area contributed by atoms with Gasteiger partial charge in [0.2, 0.25) is 5.88 Å². The summed E-state index contributed by atoms with van der Waals surface area (Å²) in [6, 6.07) is 1.88. The Morgan fingerprint density at radius 1 is 1.45 bits per heavy atom. The van der Waals surface area contributed by atoms with E-state index in [0.717, 1.165) is 24.8 Å². The molecule has 122 valence electrons. The van der Waals surface area contributed by atoms with E-state index in [1.807, 2.05) is 26.8 Å². The molecule has 0 aromatic carbocycles. The Hall–Kier alpha value is -1.62. The second kappa shape index (κ2) is 7.09. The fourth-order valence-corrected chi connectivity index (χ4v) is 2.54. The third-order valence-electron chi connectivity index (χ3n) is 3.98. The van der Waals surface area contributed by atoms with Gasteiger partial charge in [-0.25, -0.2) is 4.98 Å². The van der Waals surface area contributed by atoms with Crippen molar-refractivity contribution in [2.75, 3.05) is 18.5 Å². The average Bonchev–Trinajstić information content (AvgIpc) is 3.31. The number of carbonyl (C=O) groups is 1. The van der Waals surface area contributed by atoms with E-state index in [0.29, 0.717) is 30.7 Å². The molecule has 1 amide bonds. The molecule has 0 aliphatic heterocycles. The zero-order chi connectivity index (χ0) is 16.2. The lowest BCUT2D eigenvalue weighted by molar-refractivity contribution is -0.141. The third kappa shape index (κ3) is 3.77. The summed E-state index contributed by atoms with van der Waals surface area (Å²) < 4.78 is 11.3. The van der Waals surface area contributed by atoms with Gasteiger partial charge in [-0.2, -0.15) is 0 Å². The molecule has 0 unspecified atom stereocenters. The number of nitrogens with zero attached hydrogens (tertiary/aromatic N) is 1. The minimum atomic E-state index is -0.750. The van der Waals surface area contributed by atoms with Gasteiger partial charge in [0.25, 0.3) is 5.91 Å².